The molecule has 0 radical (unpaired) electrons. The molecule has 1 rings (SSSR count). The summed E-state index contributed by atoms with van der Waals surface area (Å²) in [5, 5.41) is 11.6. The van der Waals surface area contributed by atoms with Crippen LogP contribution in [0.2, 0.25) is 0 Å². The molecule has 0 aliphatic rings. The topological polar surface area (TPSA) is 88.4 Å². The highest BCUT2D eigenvalue weighted by atomic mass is 16.6. The van der Waals surface area contributed by atoms with Gasteiger partial charge in [-0.3, -0.25) is 4.79 Å². The number of carbonyl (C=O) groups excluding carboxylic acids is 2. The van der Waals surface area contributed by atoms with Crippen molar-refractivity contribution in [2.45, 2.75) is 45.8 Å². The average molecular weight is 304 g/mol. The van der Waals surface area contributed by atoms with Gasteiger partial charge in [0.05, 0.1) is 6.07 Å². The number of nitrogens with zero attached hydrogens (tertiary/aromatic N) is 1. The molecule has 0 aliphatic carbocycles. The number of benzene rings is 1. The van der Waals surface area contributed by atoms with E-state index >= 15 is 0 Å². The number of ether oxygens (including phenoxy) is 2. The minimum Gasteiger partial charge on any atom is -0.444 e. The first-order chi connectivity index (χ1) is 10.2. The Kier molecular flexibility index (Phi) is 5.93. The van der Waals surface area contributed by atoms with Crippen molar-refractivity contribution in [3.8, 4) is 11.8 Å². The van der Waals surface area contributed by atoms with Gasteiger partial charge < -0.3 is 14.8 Å². The summed E-state index contributed by atoms with van der Waals surface area (Å²) in [7, 11) is 0. The van der Waals surface area contributed by atoms with E-state index < -0.39 is 23.7 Å². The smallest absolute Gasteiger partial charge is 0.408 e. The van der Waals surface area contributed by atoms with Gasteiger partial charge >= 0.3 is 12.1 Å². The molecule has 1 aromatic rings. The van der Waals surface area contributed by atoms with Crippen molar-refractivity contribution in [3.05, 3.63) is 29.8 Å². The monoisotopic (exact) mass is 304 g/mol. The number of nitrogens with one attached hydrogen (secondary N) is 1. The van der Waals surface area contributed by atoms with Crippen LogP contribution < -0.4 is 10.1 Å². The van der Waals surface area contributed by atoms with Crippen molar-refractivity contribution < 1.29 is 19.1 Å². The summed E-state index contributed by atoms with van der Waals surface area (Å²) in [6.45, 7) is 6.58. The summed E-state index contributed by atoms with van der Waals surface area (Å²) < 4.78 is 10.0. The lowest BCUT2D eigenvalue weighted by molar-refractivity contribution is -0.131. The third-order valence-corrected chi connectivity index (χ3v) is 2.47. The highest BCUT2D eigenvalue weighted by molar-refractivity contribution is 5.69. The van der Waals surface area contributed by atoms with Crippen molar-refractivity contribution in [2.75, 3.05) is 0 Å². The van der Waals surface area contributed by atoms with E-state index in [2.05, 4.69) is 5.32 Å². The number of carbonyl (C=O) groups is 2. The first-order valence-electron chi connectivity index (χ1n) is 6.86. The molecule has 1 aromatic carbocycles. The molecule has 1 N–H and O–H groups in total. The summed E-state index contributed by atoms with van der Waals surface area (Å²) in [6.07, 6.45) is -0.300. The van der Waals surface area contributed by atoms with Crippen LogP contribution in [0.1, 0.15) is 33.3 Å². The maximum atomic E-state index is 11.7. The Balaban J connectivity index is 2.61. The number of rotatable bonds is 4. The fraction of sp³-hybridized carbons (Fsp3) is 0.438. The molecular formula is C16H20N2O4. The average Bonchev–Trinajstić information content (AvgIpc) is 2.37. The Labute approximate surface area is 130 Å². The SMILES string of the molecule is CC(=O)Oc1ccc(CC(C#N)NC(=O)OC(C)(C)C)cc1. The standard InChI is InChI=1S/C16H20N2O4/c1-11(19)21-14-7-5-12(6-8-14)9-13(10-17)18-15(20)22-16(2,3)4/h5-8,13H,9H2,1-4H3,(H,18,20). The number of hydrogen-bond acceptors (Lipinski definition) is 5. The quantitative estimate of drug-likeness (QED) is 0.682. The number of nitriles is 1. The van der Waals surface area contributed by atoms with Crippen LogP contribution in [0.5, 0.6) is 5.75 Å². The molecule has 1 unspecified atom stereocenters. The van der Waals surface area contributed by atoms with E-state index in [1.807, 2.05) is 6.07 Å². The molecule has 0 saturated carbocycles. The summed E-state index contributed by atoms with van der Waals surface area (Å²) in [6, 6.07) is 8.06. The highest BCUT2D eigenvalue weighted by Gasteiger charge is 2.19. The van der Waals surface area contributed by atoms with Crippen molar-refractivity contribution in [1.82, 2.24) is 5.32 Å². The van der Waals surface area contributed by atoms with Gasteiger partial charge in [-0.05, 0) is 38.5 Å². The van der Waals surface area contributed by atoms with Gasteiger partial charge in [0.1, 0.15) is 17.4 Å². The molecule has 0 saturated heterocycles. The highest BCUT2D eigenvalue weighted by Crippen LogP contribution is 2.14. The van der Waals surface area contributed by atoms with Crippen LogP contribution in [0.25, 0.3) is 0 Å². The van der Waals surface area contributed by atoms with Crippen molar-refractivity contribution in [2.24, 2.45) is 0 Å². The molecule has 22 heavy (non-hydrogen) atoms. The fourth-order valence-electron chi connectivity index (χ4n) is 1.67. The Morgan fingerprint density at radius 2 is 1.86 bits per heavy atom. The lowest BCUT2D eigenvalue weighted by Crippen LogP contribution is -2.39. The van der Waals surface area contributed by atoms with E-state index in [4.69, 9.17) is 14.7 Å². The molecule has 0 bridgehead atoms. The van der Waals surface area contributed by atoms with Crippen LogP contribution in [-0.4, -0.2) is 23.7 Å². The number of amides is 1. The molecule has 0 spiro atoms. The predicted octanol–water partition coefficient (Wildman–Crippen LogP) is 2.57. The molecule has 6 heteroatoms. The first kappa shape index (κ1) is 17.5. The lowest BCUT2D eigenvalue weighted by Gasteiger charge is -2.21. The van der Waals surface area contributed by atoms with Gasteiger partial charge in [-0.15, -0.1) is 0 Å². The molecule has 0 aromatic heterocycles. The number of alkyl carbamates (subject to hydrolysis) is 1. The maximum Gasteiger partial charge on any atom is 0.408 e. The predicted molar refractivity (Wildman–Crippen MR) is 80.2 cm³/mol. The van der Waals surface area contributed by atoms with Gasteiger partial charge in [0.15, 0.2) is 0 Å². The second-order valence-electron chi connectivity index (χ2n) is 5.77. The van der Waals surface area contributed by atoms with E-state index in [9.17, 15) is 9.59 Å². The van der Waals surface area contributed by atoms with E-state index in [1.165, 1.54) is 6.92 Å². The molecule has 0 fully saturated rings. The van der Waals surface area contributed by atoms with Crippen LogP contribution >= 0.6 is 0 Å². The zero-order valence-electron chi connectivity index (χ0n) is 13.2. The Morgan fingerprint density at radius 3 is 2.32 bits per heavy atom. The van der Waals surface area contributed by atoms with E-state index in [-0.39, 0.29) is 0 Å². The van der Waals surface area contributed by atoms with Crippen LogP contribution in [0.15, 0.2) is 24.3 Å². The molecule has 0 heterocycles. The summed E-state index contributed by atoms with van der Waals surface area (Å²) in [4.78, 5) is 22.5. The van der Waals surface area contributed by atoms with Crippen LogP contribution in [0, 0.1) is 11.3 Å². The van der Waals surface area contributed by atoms with E-state index in [1.54, 1.807) is 45.0 Å². The van der Waals surface area contributed by atoms with Crippen LogP contribution in [0.4, 0.5) is 4.79 Å². The largest absolute Gasteiger partial charge is 0.444 e. The first-order valence-corrected chi connectivity index (χ1v) is 6.86. The molecule has 1 atom stereocenters. The normalized spacial score (nSPS) is 12.0. The minimum absolute atomic E-state index is 0.329. The van der Waals surface area contributed by atoms with Gasteiger partial charge in [0.25, 0.3) is 0 Å². The molecule has 1 amide bonds. The van der Waals surface area contributed by atoms with Gasteiger partial charge in [-0.25, -0.2) is 4.79 Å². The summed E-state index contributed by atoms with van der Waals surface area (Å²) >= 11 is 0. The summed E-state index contributed by atoms with van der Waals surface area (Å²) in [5.74, 6) is 0.0408. The zero-order valence-corrected chi connectivity index (χ0v) is 13.2. The summed E-state index contributed by atoms with van der Waals surface area (Å²) in [5.41, 5.74) is 0.217. The van der Waals surface area contributed by atoms with Gasteiger partial charge in [-0.2, -0.15) is 5.26 Å². The maximum absolute atomic E-state index is 11.7. The number of esters is 1. The van der Waals surface area contributed by atoms with Gasteiger partial charge in [0.2, 0.25) is 0 Å². The van der Waals surface area contributed by atoms with Crippen molar-refractivity contribution >= 4 is 12.1 Å². The lowest BCUT2D eigenvalue weighted by atomic mass is 10.1. The third-order valence-electron chi connectivity index (χ3n) is 2.47. The van der Waals surface area contributed by atoms with Crippen LogP contribution in [-0.2, 0) is 16.0 Å². The Morgan fingerprint density at radius 1 is 1.27 bits per heavy atom. The third kappa shape index (κ3) is 6.75. The van der Waals surface area contributed by atoms with Crippen LogP contribution in [0.3, 0.4) is 0 Å². The number of hydrogen-bond donors (Lipinski definition) is 1. The second-order valence-corrected chi connectivity index (χ2v) is 5.77. The Bertz CT molecular complexity index is 567. The fourth-order valence-corrected chi connectivity index (χ4v) is 1.67. The van der Waals surface area contributed by atoms with Crippen molar-refractivity contribution in [3.63, 3.8) is 0 Å². The Hall–Kier alpha value is -2.55. The molecule has 6 nitrogen and oxygen atoms in total. The molecule has 118 valence electrons. The van der Waals surface area contributed by atoms with E-state index in [0.717, 1.165) is 5.56 Å². The minimum atomic E-state index is -0.700. The second kappa shape index (κ2) is 7.46. The molecule has 0 aliphatic heterocycles. The van der Waals surface area contributed by atoms with Gasteiger partial charge in [-0.1, -0.05) is 12.1 Å². The molecular weight excluding hydrogens is 284 g/mol. The van der Waals surface area contributed by atoms with Gasteiger partial charge in [0, 0.05) is 13.3 Å². The zero-order chi connectivity index (χ0) is 16.8. The van der Waals surface area contributed by atoms with E-state index in [0.29, 0.717) is 12.2 Å². The van der Waals surface area contributed by atoms with Crippen molar-refractivity contribution in [1.29, 1.82) is 5.26 Å².